The Bertz CT molecular complexity index is 1100. The number of rotatable bonds is 3. The topological polar surface area (TPSA) is 74.6 Å². The van der Waals surface area contributed by atoms with E-state index in [1.807, 2.05) is 48.5 Å². The predicted octanol–water partition coefficient (Wildman–Crippen LogP) is 5.06. The van der Waals surface area contributed by atoms with Gasteiger partial charge >= 0.3 is 11.9 Å². The molecule has 0 saturated heterocycles. The van der Waals surface area contributed by atoms with Crippen LogP contribution in [0.5, 0.6) is 0 Å². The number of carboxylic acid groups (broad SMARTS) is 2. The molecule has 0 unspecified atom stereocenters. The molecule has 0 heterocycles. The highest BCUT2D eigenvalue weighted by molar-refractivity contribution is 5.98. The fraction of sp³-hybridized carbons (Fsp3) is 0. The smallest absolute Gasteiger partial charge is 0.335 e. The first kappa shape index (κ1) is 15.8. The molecule has 4 heteroatoms. The number of aromatic carboxylic acids is 2. The Labute approximate surface area is 148 Å². The van der Waals surface area contributed by atoms with Crippen molar-refractivity contribution in [3.05, 3.63) is 83.9 Å². The molecule has 126 valence electrons. The van der Waals surface area contributed by atoms with Crippen molar-refractivity contribution in [3.63, 3.8) is 0 Å². The molecule has 4 nitrogen and oxygen atoms in total. The number of fused-ring (bicyclic) bond motifs is 2. The third-order valence-corrected chi connectivity index (χ3v) is 4.51. The third kappa shape index (κ3) is 2.78. The van der Waals surface area contributed by atoms with Gasteiger partial charge in [0.1, 0.15) is 0 Å². The number of benzene rings is 4. The maximum atomic E-state index is 11.1. The van der Waals surface area contributed by atoms with E-state index in [9.17, 15) is 9.59 Å². The van der Waals surface area contributed by atoms with Gasteiger partial charge in [-0.15, -0.1) is 0 Å². The summed E-state index contributed by atoms with van der Waals surface area (Å²) in [5.74, 6) is -1.88. The zero-order chi connectivity index (χ0) is 18.3. The molecule has 0 aliphatic carbocycles. The Balaban J connectivity index is 1.78. The van der Waals surface area contributed by atoms with Crippen LogP contribution in [0.4, 0.5) is 0 Å². The zero-order valence-electron chi connectivity index (χ0n) is 13.6. The van der Waals surface area contributed by atoms with Gasteiger partial charge < -0.3 is 10.2 Å². The van der Waals surface area contributed by atoms with Gasteiger partial charge in [-0.3, -0.25) is 0 Å². The van der Waals surface area contributed by atoms with Crippen LogP contribution in [0.15, 0.2) is 72.8 Å². The molecule has 4 rings (SSSR count). The van der Waals surface area contributed by atoms with E-state index < -0.39 is 11.9 Å². The van der Waals surface area contributed by atoms with Crippen LogP contribution in [0.2, 0.25) is 0 Å². The Morgan fingerprint density at radius 2 is 0.846 bits per heavy atom. The summed E-state index contributed by atoms with van der Waals surface area (Å²) in [5, 5.41) is 21.9. The maximum absolute atomic E-state index is 11.1. The van der Waals surface area contributed by atoms with Gasteiger partial charge in [0.05, 0.1) is 11.1 Å². The van der Waals surface area contributed by atoms with Crippen molar-refractivity contribution in [2.45, 2.75) is 0 Å². The molecule has 4 aromatic carbocycles. The highest BCUT2D eigenvalue weighted by Crippen LogP contribution is 2.28. The molecular formula is C22H14O4. The molecule has 0 amide bonds. The van der Waals surface area contributed by atoms with E-state index in [1.165, 1.54) is 0 Å². The summed E-state index contributed by atoms with van der Waals surface area (Å²) < 4.78 is 0. The van der Waals surface area contributed by atoms with Crippen molar-refractivity contribution >= 4 is 33.5 Å². The van der Waals surface area contributed by atoms with Gasteiger partial charge in [0.15, 0.2) is 0 Å². The molecule has 2 N–H and O–H groups in total. The highest BCUT2D eigenvalue weighted by Gasteiger charge is 2.07. The fourth-order valence-electron chi connectivity index (χ4n) is 3.12. The number of carbonyl (C=O) groups is 2. The quantitative estimate of drug-likeness (QED) is 0.546. The first-order chi connectivity index (χ1) is 12.5. The van der Waals surface area contributed by atoms with E-state index in [1.54, 1.807) is 24.3 Å². The highest BCUT2D eigenvalue weighted by atomic mass is 16.4. The Hall–Kier alpha value is -3.66. The molecule has 0 spiro atoms. The summed E-state index contributed by atoms with van der Waals surface area (Å²) in [4.78, 5) is 22.2. The second kappa shape index (κ2) is 6.01. The predicted molar refractivity (Wildman–Crippen MR) is 101 cm³/mol. The van der Waals surface area contributed by atoms with Crippen molar-refractivity contribution in [2.24, 2.45) is 0 Å². The van der Waals surface area contributed by atoms with Crippen LogP contribution in [-0.4, -0.2) is 22.2 Å². The minimum absolute atomic E-state index is 0.269. The molecule has 4 aromatic rings. The summed E-state index contributed by atoms with van der Waals surface area (Å²) in [6.45, 7) is 0. The lowest BCUT2D eigenvalue weighted by Crippen LogP contribution is -1.95. The van der Waals surface area contributed by atoms with Gasteiger partial charge in [-0.05, 0) is 69.1 Å². The first-order valence-corrected chi connectivity index (χ1v) is 8.06. The van der Waals surface area contributed by atoms with Gasteiger partial charge in [0.2, 0.25) is 0 Å². The zero-order valence-corrected chi connectivity index (χ0v) is 13.6. The Morgan fingerprint density at radius 1 is 0.500 bits per heavy atom. The Morgan fingerprint density at radius 3 is 1.23 bits per heavy atom. The van der Waals surface area contributed by atoms with Gasteiger partial charge in [0.25, 0.3) is 0 Å². The molecular weight excluding hydrogens is 328 g/mol. The van der Waals surface area contributed by atoms with E-state index in [0.717, 1.165) is 32.7 Å². The average molecular weight is 342 g/mol. The van der Waals surface area contributed by atoms with Crippen LogP contribution < -0.4 is 0 Å². The van der Waals surface area contributed by atoms with E-state index in [4.69, 9.17) is 10.2 Å². The molecule has 0 aliphatic heterocycles. The minimum atomic E-state index is -0.939. The van der Waals surface area contributed by atoms with Crippen molar-refractivity contribution in [2.75, 3.05) is 0 Å². The normalized spacial score (nSPS) is 10.9. The molecule has 0 aliphatic rings. The fourth-order valence-corrected chi connectivity index (χ4v) is 3.12. The Kier molecular flexibility index (Phi) is 3.66. The van der Waals surface area contributed by atoms with Crippen molar-refractivity contribution in [1.29, 1.82) is 0 Å². The molecule has 0 fully saturated rings. The lowest BCUT2D eigenvalue weighted by Gasteiger charge is -2.07. The van der Waals surface area contributed by atoms with Gasteiger partial charge in [-0.1, -0.05) is 36.4 Å². The van der Waals surface area contributed by atoms with Crippen LogP contribution in [0.3, 0.4) is 0 Å². The van der Waals surface area contributed by atoms with Crippen LogP contribution in [0.1, 0.15) is 20.7 Å². The lowest BCUT2D eigenvalue weighted by atomic mass is 9.97. The van der Waals surface area contributed by atoms with Crippen LogP contribution in [0.25, 0.3) is 32.7 Å². The summed E-state index contributed by atoms with van der Waals surface area (Å²) >= 11 is 0. The number of hydrogen-bond donors (Lipinski definition) is 2. The minimum Gasteiger partial charge on any atom is -0.478 e. The molecule has 26 heavy (non-hydrogen) atoms. The SMILES string of the molecule is O=C(O)c1ccc2cc(-c3ccc4cc(C(=O)O)ccc4c3)ccc2c1. The monoisotopic (exact) mass is 342 g/mol. The second-order valence-corrected chi connectivity index (χ2v) is 6.16. The van der Waals surface area contributed by atoms with Crippen molar-refractivity contribution < 1.29 is 19.8 Å². The average Bonchev–Trinajstić information content (AvgIpc) is 2.66. The van der Waals surface area contributed by atoms with Crippen molar-refractivity contribution in [3.8, 4) is 11.1 Å². The molecule has 0 saturated carbocycles. The maximum Gasteiger partial charge on any atom is 0.335 e. The molecule has 0 aromatic heterocycles. The number of hydrogen-bond acceptors (Lipinski definition) is 2. The summed E-state index contributed by atoms with van der Waals surface area (Å²) in [6.07, 6.45) is 0. The lowest BCUT2D eigenvalue weighted by molar-refractivity contribution is 0.0686. The van der Waals surface area contributed by atoms with Crippen LogP contribution in [-0.2, 0) is 0 Å². The van der Waals surface area contributed by atoms with E-state index >= 15 is 0 Å². The first-order valence-electron chi connectivity index (χ1n) is 8.06. The second-order valence-electron chi connectivity index (χ2n) is 6.16. The van der Waals surface area contributed by atoms with E-state index in [0.29, 0.717) is 0 Å². The van der Waals surface area contributed by atoms with Gasteiger partial charge in [-0.2, -0.15) is 0 Å². The molecule has 0 atom stereocenters. The van der Waals surface area contributed by atoms with Gasteiger partial charge in [0, 0.05) is 0 Å². The summed E-state index contributed by atoms with van der Waals surface area (Å²) in [6, 6.07) is 21.9. The van der Waals surface area contributed by atoms with E-state index in [2.05, 4.69) is 0 Å². The van der Waals surface area contributed by atoms with Crippen LogP contribution >= 0.6 is 0 Å². The summed E-state index contributed by atoms with van der Waals surface area (Å²) in [5.41, 5.74) is 2.57. The molecule has 0 radical (unpaired) electrons. The largest absolute Gasteiger partial charge is 0.478 e. The van der Waals surface area contributed by atoms with E-state index in [-0.39, 0.29) is 11.1 Å². The molecule has 0 bridgehead atoms. The third-order valence-electron chi connectivity index (χ3n) is 4.51. The number of carboxylic acids is 2. The standard InChI is InChI=1S/C22H14O4/c23-21(24)19-7-5-15-9-13(1-3-17(15)11-19)14-2-4-18-12-20(22(25)26)8-6-16(18)10-14/h1-12H,(H,23,24)(H,25,26). The van der Waals surface area contributed by atoms with Crippen molar-refractivity contribution in [1.82, 2.24) is 0 Å². The van der Waals surface area contributed by atoms with Gasteiger partial charge in [-0.25, -0.2) is 9.59 Å². The van der Waals surface area contributed by atoms with Crippen LogP contribution in [0, 0.1) is 0 Å². The summed E-state index contributed by atoms with van der Waals surface area (Å²) in [7, 11) is 0.